The molecule has 0 aliphatic carbocycles. The van der Waals surface area contributed by atoms with Crippen LogP contribution < -0.4 is 25.6 Å². The summed E-state index contributed by atoms with van der Waals surface area (Å²) >= 11 is 0. The molecule has 2 nitrogen and oxygen atoms in total. The first-order valence-electron chi connectivity index (χ1n) is 15.7. The average molecular weight is 606 g/mol. The summed E-state index contributed by atoms with van der Waals surface area (Å²) in [5.41, 5.74) is 6.90. The maximum absolute atomic E-state index is 13.5. The molecule has 3 heteroatoms. The van der Waals surface area contributed by atoms with Crippen molar-refractivity contribution in [2.75, 3.05) is 4.90 Å². The molecule has 7 aromatic rings. The molecule has 0 atom stereocenters. The third-order valence-corrected chi connectivity index (χ3v) is 14.0. The molecular weight excluding hydrogens is 575 g/mol. The van der Waals surface area contributed by atoms with Crippen LogP contribution in [0.5, 0.6) is 0 Å². The molecule has 0 radical (unpaired) electrons. The Hall–Kier alpha value is -5.77. The van der Waals surface area contributed by atoms with Gasteiger partial charge in [-0.15, -0.1) is 0 Å². The summed E-state index contributed by atoms with van der Waals surface area (Å²) in [6.07, 6.45) is 0. The van der Waals surface area contributed by atoms with Crippen LogP contribution in [0.2, 0.25) is 0 Å². The van der Waals surface area contributed by atoms with Crippen molar-refractivity contribution in [2.45, 2.75) is 0 Å². The second kappa shape index (κ2) is 11.6. The Morgan fingerprint density at radius 3 is 1.46 bits per heavy atom. The zero-order valence-electron chi connectivity index (χ0n) is 25.3. The highest BCUT2D eigenvalue weighted by Gasteiger charge is 2.48. The Labute approximate surface area is 270 Å². The molecule has 1 aliphatic heterocycles. The fourth-order valence-corrected chi connectivity index (χ4v) is 12.3. The normalized spacial score (nSPS) is 13.0. The molecule has 0 bridgehead atoms. The first-order valence-corrected chi connectivity index (χ1v) is 17.7. The highest BCUT2D eigenvalue weighted by atomic mass is 28.3. The van der Waals surface area contributed by atoms with Gasteiger partial charge in [0.25, 0.3) is 0 Å². The lowest BCUT2D eigenvalue weighted by atomic mass is 9.96. The molecule has 0 amide bonds. The first-order chi connectivity index (χ1) is 22.8. The number of nitrogens with zero attached hydrogens (tertiary/aromatic N) is 1. The van der Waals surface area contributed by atoms with Gasteiger partial charge in [0.1, 0.15) is 0 Å². The van der Waals surface area contributed by atoms with Crippen molar-refractivity contribution >= 4 is 51.7 Å². The number of carbonyl (C=O) groups excluding carboxylic acids is 1. The van der Waals surface area contributed by atoms with Gasteiger partial charge < -0.3 is 4.90 Å². The van der Waals surface area contributed by atoms with Crippen LogP contribution in [0.1, 0.15) is 15.9 Å². The summed E-state index contributed by atoms with van der Waals surface area (Å²) in [6, 6.07) is 66.1. The number of ketones is 1. The van der Waals surface area contributed by atoms with Gasteiger partial charge in [0.15, 0.2) is 13.9 Å². The van der Waals surface area contributed by atoms with E-state index in [9.17, 15) is 4.79 Å². The van der Waals surface area contributed by atoms with Gasteiger partial charge in [-0.05, 0) is 50.6 Å². The number of hydrogen-bond acceptors (Lipinski definition) is 2. The number of hydrogen-bond donors (Lipinski definition) is 0. The lowest BCUT2D eigenvalue weighted by Crippen LogP contribution is -2.77. The summed E-state index contributed by atoms with van der Waals surface area (Å²) < 4.78 is 0. The van der Waals surface area contributed by atoms with Crippen molar-refractivity contribution in [2.24, 2.45) is 0 Å². The van der Waals surface area contributed by atoms with E-state index in [1.807, 2.05) is 48.5 Å². The van der Waals surface area contributed by atoms with Gasteiger partial charge >= 0.3 is 0 Å². The molecule has 1 heterocycles. The van der Waals surface area contributed by atoms with Crippen LogP contribution in [0.25, 0.3) is 11.1 Å². The Bertz CT molecular complexity index is 2090. The van der Waals surface area contributed by atoms with Crippen molar-refractivity contribution in [3.63, 3.8) is 0 Å². The van der Waals surface area contributed by atoms with Crippen LogP contribution in [0.15, 0.2) is 188 Å². The topological polar surface area (TPSA) is 20.3 Å². The average Bonchev–Trinajstić information content (AvgIpc) is 3.15. The van der Waals surface area contributed by atoms with E-state index in [4.69, 9.17) is 0 Å². The second-order valence-corrected chi connectivity index (χ2v) is 15.4. The molecule has 0 N–H and O–H groups in total. The van der Waals surface area contributed by atoms with E-state index in [0.29, 0.717) is 11.1 Å². The molecule has 0 unspecified atom stereocenters. The van der Waals surface area contributed by atoms with E-state index < -0.39 is 8.07 Å². The Balaban J connectivity index is 1.37. The zero-order chi connectivity index (χ0) is 30.9. The van der Waals surface area contributed by atoms with Crippen LogP contribution in [0.3, 0.4) is 0 Å². The predicted molar refractivity (Wildman–Crippen MR) is 194 cm³/mol. The summed E-state index contributed by atoms with van der Waals surface area (Å²) in [4.78, 5) is 15.9. The largest absolute Gasteiger partial charge is 0.310 e. The summed E-state index contributed by atoms with van der Waals surface area (Å²) in [5.74, 6) is 0.0232. The van der Waals surface area contributed by atoms with E-state index >= 15 is 0 Å². The molecule has 1 aliphatic rings. The Morgan fingerprint density at radius 1 is 0.413 bits per heavy atom. The van der Waals surface area contributed by atoms with Crippen LogP contribution in [-0.2, 0) is 0 Å². The fourth-order valence-electron chi connectivity index (χ4n) is 7.17. The standard InChI is InChI=1S/C43H31NOSi/c45-43(32-17-4-1-5-18-32)34-20-16-19-33(31-34)37-25-10-11-26-38(37)44-39-27-12-14-29-41(39)46(35-21-6-2-7-22-35,36-23-8-3-9-24-36)42-30-15-13-28-40(42)44/h1-31H. The van der Waals surface area contributed by atoms with E-state index in [-0.39, 0.29) is 5.78 Å². The fraction of sp³-hybridized carbons (Fsp3) is 0. The third kappa shape index (κ3) is 4.44. The summed E-state index contributed by atoms with van der Waals surface area (Å²) in [6.45, 7) is 0. The molecule has 8 rings (SSSR count). The van der Waals surface area contributed by atoms with E-state index in [1.54, 1.807) is 0 Å². The highest BCUT2D eigenvalue weighted by Crippen LogP contribution is 2.42. The smallest absolute Gasteiger partial charge is 0.193 e. The molecule has 0 spiro atoms. The maximum atomic E-state index is 13.5. The minimum Gasteiger partial charge on any atom is -0.310 e. The van der Waals surface area contributed by atoms with Crippen molar-refractivity contribution < 1.29 is 4.79 Å². The maximum Gasteiger partial charge on any atom is 0.193 e. The van der Waals surface area contributed by atoms with Crippen molar-refractivity contribution in [1.29, 1.82) is 0 Å². The Kier molecular flexibility index (Phi) is 7.01. The van der Waals surface area contributed by atoms with Crippen LogP contribution >= 0.6 is 0 Å². The summed E-state index contributed by atoms with van der Waals surface area (Å²) in [7, 11) is -2.70. The number of fused-ring (bicyclic) bond motifs is 2. The van der Waals surface area contributed by atoms with Crippen LogP contribution in [0, 0.1) is 0 Å². The van der Waals surface area contributed by atoms with Crippen LogP contribution in [-0.4, -0.2) is 13.9 Å². The first kappa shape index (κ1) is 27.8. The number of carbonyl (C=O) groups is 1. The van der Waals surface area contributed by atoms with Crippen LogP contribution in [0.4, 0.5) is 17.1 Å². The molecule has 0 aromatic heterocycles. The van der Waals surface area contributed by atoms with Gasteiger partial charge in [0.05, 0.1) is 5.69 Å². The third-order valence-electron chi connectivity index (χ3n) is 9.13. The van der Waals surface area contributed by atoms with Crippen molar-refractivity contribution in [3.8, 4) is 11.1 Å². The quantitative estimate of drug-likeness (QED) is 0.143. The Morgan fingerprint density at radius 2 is 0.870 bits per heavy atom. The van der Waals surface area contributed by atoms with E-state index in [1.165, 1.54) is 32.1 Å². The molecule has 0 saturated heterocycles. The number of benzene rings is 7. The summed E-state index contributed by atoms with van der Waals surface area (Å²) in [5, 5.41) is 5.44. The minimum atomic E-state index is -2.70. The number of rotatable bonds is 6. The molecular formula is C43H31NOSi. The van der Waals surface area contributed by atoms with Gasteiger partial charge in [0, 0.05) is 28.1 Å². The molecule has 0 fully saturated rings. The molecule has 7 aromatic carbocycles. The number of anilines is 3. The van der Waals surface area contributed by atoms with Crippen molar-refractivity contribution in [1.82, 2.24) is 0 Å². The minimum absolute atomic E-state index is 0.0232. The van der Waals surface area contributed by atoms with Gasteiger partial charge in [-0.25, -0.2) is 0 Å². The lowest BCUT2D eigenvalue weighted by Gasteiger charge is -2.45. The van der Waals surface area contributed by atoms with Gasteiger partial charge in [0.2, 0.25) is 0 Å². The molecule has 0 saturated carbocycles. The van der Waals surface area contributed by atoms with Gasteiger partial charge in [-0.3, -0.25) is 4.79 Å². The zero-order valence-corrected chi connectivity index (χ0v) is 26.3. The second-order valence-electron chi connectivity index (χ2n) is 11.6. The molecule has 218 valence electrons. The lowest BCUT2D eigenvalue weighted by molar-refractivity contribution is 0.103. The molecule has 46 heavy (non-hydrogen) atoms. The van der Waals surface area contributed by atoms with E-state index in [0.717, 1.165) is 16.8 Å². The van der Waals surface area contributed by atoms with Crippen molar-refractivity contribution in [3.05, 3.63) is 199 Å². The van der Waals surface area contributed by atoms with Gasteiger partial charge in [-0.2, -0.15) is 0 Å². The predicted octanol–water partition coefficient (Wildman–Crippen LogP) is 7.75. The highest BCUT2D eigenvalue weighted by molar-refractivity contribution is 7.21. The number of para-hydroxylation sites is 3. The van der Waals surface area contributed by atoms with E-state index in [2.05, 4.69) is 144 Å². The monoisotopic (exact) mass is 605 g/mol. The SMILES string of the molecule is O=C(c1ccccc1)c1cccc(-c2ccccc2N2c3ccccc3[Si](c3ccccc3)(c3ccccc3)c3ccccc32)c1. The van der Waals surface area contributed by atoms with Gasteiger partial charge in [-0.1, -0.05) is 164 Å².